The summed E-state index contributed by atoms with van der Waals surface area (Å²) in [6, 6.07) is 9.71. The van der Waals surface area contributed by atoms with Crippen molar-refractivity contribution < 1.29 is 24.8 Å². The predicted octanol–water partition coefficient (Wildman–Crippen LogP) is -3.04. The summed E-state index contributed by atoms with van der Waals surface area (Å²) in [6.07, 6.45) is -4.97. The van der Waals surface area contributed by atoms with Crippen LogP contribution in [0.25, 0.3) is 0 Å². The van der Waals surface area contributed by atoms with Gasteiger partial charge in [0, 0.05) is 0 Å². The SMILES string of the molecule is NC1NC(OCc2ccccc2)C2NCN([C@@H]3O[C@H](CO)C(O)C3O)C2N1. The summed E-state index contributed by atoms with van der Waals surface area (Å²) in [6.45, 7) is 0.486. The second-order valence-electron chi connectivity index (χ2n) is 7.10. The van der Waals surface area contributed by atoms with Crippen molar-refractivity contribution in [3.8, 4) is 0 Å². The number of fused-ring (bicyclic) bond motifs is 1. The minimum Gasteiger partial charge on any atom is -0.394 e. The molecule has 3 aliphatic rings. The number of aliphatic hydroxyl groups is 3. The van der Waals surface area contributed by atoms with Crippen LogP contribution in [0.4, 0.5) is 0 Å². The van der Waals surface area contributed by atoms with E-state index in [1.807, 2.05) is 35.2 Å². The van der Waals surface area contributed by atoms with E-state index >= 15 is 0 Å². The van der Waals surface area contributed by atoms with Crippen molar-refractivity contribution >= 4 is 0 Å². The van der Waals surface area contributed by atoms with Crippen molar-refractivity contribution in [1.29, 1.82) is 0 Å². The van der Waals surface area contributed by atoms with Crippen LogP contribution in [0.5, 0.6) is 0 Å². The topological polar surface area (TPSA) is 144 Å². The minimum atomic E-state index is -1.14. The molecular formula is C17H27N5O5. The number of hydrogen-bond donors (Lipinski definition) is 7. The van der Waals surface area contributed by atoms with Crippen molar-refractivity contribution in [2.24, 2.45) is 5.73 Å². The molecule has 0 aromatic heterocycles. The Kier molecular flexibility index (Phi) is 5.71. The third-order valence-electron chi connectivity index (χ3n) is 5.34. The van der Waals surface area contributed by atoms with Gasteiger partial charge < -0.3 is 30.5 Å². The molecule has 10 heteroatoms. The first-order valence-electron chi connectivity index (χ1n) is 9.13. The zero-order valence-electron chi connectivity index (χ0n) is 14.8. The van der Waals surface area contributed by atoms with Crippen LogP contribution >= 0.6 is 0 Å². The molecule has 0 amide bonds. The van der Waals surface area contributed by atoms with E-state index in [0.29, 0.717) is 13.3 Å². The summed E-state index contributed by atoms with van der Waals surface area (Å²) < 4.78 is 11.7. The quantitative estimate of drug-likeness (QED) is 0.281. The van der Waals surface area contributed by atoms with Gasteiger partial charge in [0.15, 0.2) is 0 Å². The molecule has 27 heavy (non-hydrogen) atoms. The molecular weight excluding hydrogens is 354 g/mol. The van der Waals surface area contributed by atoms with Crippen LogP contribution in [-0.4, -0.2) is 82.8 Å². The summed E-state index contributed by atoms with van der Waals surface area (Å²) in [7, 11) is 0. The highest BCUT2D eigenvalue weighted by molar-refractivity contribution is 5.13. The van der Waals surface area contributed by atoms with Gasteiger partial charge in [0.25, 0.3) is 0 Å². The first-order valence-corrected chi connectivity index (χ1v) is 9.13. The number of rotatable bonds is 5. The maximum Gasteiger partial charge on any atom is 0.142 e. The Morgan fingerprint density at radius 3 is 2.67 bits per heavy atom. The van der Waals surface area contributed by atoms with Crippen molar-refractivity contribution in [3.63, 3.8) is 0 Å². The Balaban J connectivity index is 1.44. The predicted molar refractivity (Wildman–Crippen MR) is 94.4 cm³/mol. The molecule has 150 valence electrons. The monoisotopic (exact) mass is 381 g/mol. The highest BCUT2D eigenvalue weighted by Crippen LogP contribution is 2.29. The highest BCUT2D eigenvalue weighted by atomic mass is 16.6. The third kappa shape index (κ3) is 3.74. The number of benzene rings is 1. The lowest BCUT2D eigenvalue weighted by atomic mass is 10.1. The van der Waals surface area contributed by atoms with E-state index in [0.717, 1.165) is 5.56 Å². The average molecular weight is 381 g/mol. The van der Waals surface area contributed by atoms with Gasteiger partial charge in [-0.3, -0.25) is 16.0 Å². The summed E-state index contributed by atoms with van der Waals surface area (Å²) in [4.78, 5) is 1.85. The molecule has 0 aliphatic carbocycles. The van der Waals surface area contributed by atoms with Gasteiger partial charge in [-0.25, -0.2) is 4.90 Å². The average Bonchev–Trinajstić information content (AvgIpc) is 3.22. The van der Waals surface area contributed by atoms with E-state index in [9.17, 15) is 15.3 Å². The fourth-order valence-corrected chi connectivity index (χ4v) is 3.93. The zero-order valence-corrected chi connectivity index (χ0v) is 14.8. The number of ether oxygens (including phenoxy) is 2. The van der Waals surface area contributed by atoms with Gasteiger partial charge in [-0.05, 0) is 5.56 Å². The molecule has 3 fully saturated rings. The molecule has 0 bridgehead atoms. The minimum absolute atomic E-state index is 0.144. The number of nitrogens with zero attached hydrogens (tertiary/aromatic N) is 1. The molecule has 8 N–H and O–H groups in total. The molecule has 3 heterocycles. The summed E-state index contributed by atoms with van der Waals surface area (Å²) >= 11 is 0. The lowest BCUT2D eigenvalue weighted by Gasteiger charge is -2.42. The van der Waals surface area contributed by atoms with Gasteiger partial charge >= 0.3 is 0 Å². The second-order valence-corrected chi connectivity index (χ2v) is 7.10. The second kappa shape index (κ2) is 8.05. The van der Waals surface area contributed by atoms with Gasteiger partial charge in [0.2, 0.25) is 0 Å². The number of nitrogens with one attached hydrogen (secondary N) is 3. The molecule has 6 unspecified atom stereocenters. The smallest absolute Gasteiger partial charge is 0.142 e. The molecule has 1 aromatic rings. The van der Waals surface area contributed by atoms with Crippen molar-refractivity contribution in [2.45, 2.75) is 55.9 Å². The van der Waals surface area contributed by atoms with E-state index in [1.165, 1.54) is 0 Å². The van der Waals surface area contributed by atoms with Crippen molar-refractivity contribution in [2.75, 3.05) is 13.3 Å². The summed E-state index contributed by atoms with van der Waals surface area (Å²) in [5, 5.41) is 39.4. The van der Waals surface area contributed by atoms with Gasteiger partial charge in [-0.1, -0.05) is 30.3 Å². The van der Waals surface area contributed by atoms with Crippen LogP contribution in [0, 0.1) is 0 Å². The maximum atomic E-state index is 10.3. The molecule has 3 saturated heterocycles. The van der Waals surface area contributed by atoms with Gasteiger partial charge in [-0.2, -0.15) is 0 Å². The van der Waals surface area contributed by atoms with Crippen LogP contribution in [0.3, 0.4) is 0 Å². The summed E-state index contributed by atoms with van der Waals surface area (Å²) in [5.74, 6) is 0. The van der Waals surface area contributed by atoms with Crippen LogP contribution in [0.1, 0.15) is 5.56 Å². The Morgan fingerprint density at radius 1 is 1.19 bits per heavy atom. The van der Waals surface area contributed by atoms with Gasteiger partial charge in [0.05, 0.1) is 32.1 Å². The summed E-state index contributed by atoms with van der Waals surface area (Å²) in [5.41, 5.74) is 7.13. The van der Waals surface area contributed by atoms with Gasteiger partial charge in [-0.15, -0.1) is 0 Å². The normalized spacial score (nSPS) is 42.4. The molecule has 4 rings (SSSR count). The highest BCUT2D eigenvalue weighted by Gasteiger charge is 2.52. The fraction of sp³-hybridized carbons (Fsp3) is 0.647. The van der Waals surface area contributed by atoms with Crippen LogP contribution in [0.15, 0.2) is 30.3 Å². The maximum absolute atomic E-state index is 10.3. The third-order valence-corrected chi connectivity index (χ3v) is 5.34. The lowest BCUT2D eigenvalue weighted by molar-refractivity contribution is -0.122. The number of aliphatic hydroxyl groups excluding tert-OH is 3. The Labute approximate surface area is 157 Å². The van der Waals surface area contributed by atoms with E-state index in [4.69, 9.17) is 15.2 Å². The van der Waals surface area contributed by atoms with Gasteiger partial charge in [0.1, 0.15) is 37.1 Å². The van der Waals surface area contributed by atoms with Crippen LogP contribution in [0.2, 0.25) is 0 Å². The van der Waals surface area contributed by atoms with Crippen LogP contribution in [-0.2, 0) is 16.1 Å². The number of hydrogen-bond acceptors (Lipinski definition) is 10. The van der Waals surface area contributed by atoms with Crippen molar-refractivity contribution in [1.82, 2.24) is 20.9 Å². The molecule has 10 nitrogen and oxygen atoms in total. The molecule has 0 spiro atoms. The van der Waals surface area contributed by atoms with E-state index in [2.05, 4.69) is 16.0 Å². The molecule has 8 atom stereocenters. The molecule has 3 aliphatic heterocycles. The molecule has 0 radical (unpaired) electrons. The van der Waals surface area contributed by atoms with Crippen molar-refractivity contribution in [3.05, 3.63) is 35.9 Å². The standard InChI is InChI=1S/C17H27N5O5/c18-17-20-14-11(15(21-17)26-7-9-4-2-1-3-5-9)19-8-22(14)16-13(25)12(24)10(6-23)27-16/h1-5,10-17,19-21,23-25H,6-8,18H2/t10-,11?,12?,13?,14?,15?,16-,17?/m1/s1. The Morgan fingerprint density at radius 2 is 1.96 bits per heavy atom. The zero-order chi connectivity index (χ0) is 19.0. The fourth-order valence-electron chi connectivity index (χ4n) is 3.93. The van der Waals surface area contributed by atoms with Crippen LogP contribution < -0.4 is 21.7 Å². The van der Waals surface area contributed by atoms with E-state index in [1.54, 1.807) is 0 Å². The lowest BCUT2D eigenvalue weighted by Crippen LogP contribution is -2.73. The largest absolute Gasteiger partial charge is 0.394 e. The Hall–Kier alpha value is -1.18. The Bertz CT molecular complexity index is 625. The van der Waals surface area contributed by atoms with E-state index in [-0.39, 0.29) is 25.0 Å². The number of nitrogens with two attached hydrogens (primary N) is 1. The molecule has 0 saturated carbocycles. The van der Waals surface area contributed by atoms with E-state index < -0.39 is 30.8 Å². The molecule has 1 aromatic carbocycles. The first-order chi connectivity index (χ1) is 13.1. The first kappa shape index (κ1) is 19.2.